The number of fused-ring (bicyclic) bond motifs is 5. The monoisotopic (exact) mass is 971 g/mol. The van der Waals surface area contributed by atoms with E-state index in [1.54, 1.807) is 0 Å². The first kappa shape index (κ1) is 37.4. The number of hydrogen-bond donors (Lipinski definition) is 0. The number of imidazole rings is 1. The van der Waals surface area contributed by atoms with Crippen molar-refractivity contribution in [1.82, 2.24) is 18.7 Å². The molecule has 0 unspecified atom stereocenters. The summed E-state index contributed by atoms with van der Waals surface area (Å²) in [6.45, 7) is 6.90. The first-order chi connectivity index (χ1) is 29.8. The topological polar surface area (TPSA) is 36.9 Å². The molecule has 3 aromatic heterocycles. The molecule has 0 aliphatic heterocycles. The predicted octanol–water partition coefficient (Wildman–Crippen LogP) is 14.0. The van der Waals surface area contributed by atoms with Crippen molar-refractivity contribution >= 4 is 32.8 Å². The van der Waals surface area contributed by atoms with Gasteiger partial charge in [-0.3, -0.25) is 0 Å². The fraction of sp³-hybridized carbons (Fsp3) is 0.127. The molecule has 1 aliphatic rings. The molecular formula is C55H44N4OPt. The molecule has 11 rings (SSSR count). The third-order valence-electron chi connectivity index (χ3n) is 12.5. The molecule has 10 aromatic rings. The summed E-state index contributed by atoms with van der Waals surface area (Å²) in [6, 6.07) is 60.8. The van der Waals surface area contributed by atoms with Crippen LogP contribution in [-0.4, -0.2) is 18.7 Å². The van der Waals surface area contributed by atoms with Gasteiger partial charge in [-0.15, -0.1) is 0 Å². The summed E-state index contributed by atoms with van der Waals surface area (Å²) in [5, 5.41) is 2.46. The van der Waals surface area contributed by atoms with Crippen molar-refractivity contribution in [2.75, 3.05) is 0 Å². The first-order valence-electron chi connectivity index (χ1n) is 21.1. The number of para-hydroxylation sites is 3. The van der Waals surface area contributed by atoms with E-state index < -0.39 is 0 Å². The van der Waals surface area contributed by atoms with Crippen molar-refractivity contribution in [1.29, 1.82) is 0 Å². The van der Waals surface area contributed by atoms with Crippen LogP contribution in [0.5, 0.6) is 11.5 Å². The van der Waals surface area contributed by atoms with Gasteiger partial charge in [0.2, 0.25) is 0 Å². The van der Waals surface area contributed by atoms with Crippen LogP contribution in [0.2, 0.25) is 0 Å². The molecule has 61 heavy (non-hydrogen) atoms. The number of hydrogen-bond acceptors (Lipinski definition) is 2. The van der Waals surface area contributed by atoms with Gasteiger partial charge in [-0.2, -0.15) is 0 Å². The summed E-state index contributed by atoms with van der Waals surface area (Å²) < 4.78 is 15.0. The van der Waals surface area contributed by atoms with Crippen molar-refractivity contribution in [2.45, 2.75) is 45.4 Å². The molecule has 7 aromatic carbocycles. The molecule has 0 radical (unpaired) electrons. The van der Waals surface area contributed by atoms with Crippen LogP contribution in [-0.2, 0) is 31.2 Å². The van der Waals surface area contributed by atoms with Crippen LogP contribution in [0.15, 0.2) is 176 Å². The smallest absolute Gasteiger partial charge is 0.0558 e. The van der Waals surface area contributed by atoms with E-state index in [-0.39, 0.29) is 5.41 Å². The Morgan fingerprint density at radius 3 is 1.95 bits per heavy atom. The van der Waals surface area contributed by atoms with E-state index in [1.165, 1.54) is 68.1 Å². The maximum atomic E-state index is 6.83. The van der Waals surface area contributed by atoms with Crippen LogP contribution in [0, 0.1) is 10.7 Å². The summed E-state index contributed by atoms with van der Waals surface area (Å²) in [5.74, 6) is 2.46. The molecule has 0 amide bonds. The van der Waals surface area contributed by atoms with E-state index in [9.17, 15) is 0 Å². The van der Waals surface area contributed by atoms with Gasteiger partial charge < -0.3 is 0 Å². The fourth-order valence-electron chi connectivity index (χ4n) is 9.61. The Balaban J connectivity index is 1.05. The third-order valence-corrected chi connectivity index (χ3v) is 13.5. The number of pyridine rings is 1. The minimum Gasteiger partial charge on any atom is -0.0558 e. The van der Waals surface area contributed by atoms with Gasteiger partial charge in [-0.25, -0.2) is 0 Å². The zero-order valence-electron chi connectivity index (χ0n) is 34.4. The summed E-state index contributed by atoms with van der Waals surface area (Å²) in [5.41, 5.74) is 15.5. The van der Waals surface area contributed by atoms with Gasteiger partial charge in [0, 0.05) is 6.20 Å². The predicted molar refractivity (Wildman–Crippen MR) is 246 cm³/mol. The molecule has 0 spiro atoms. The summed E-state index contributed by atoms with van der Waals surface area (Å²) in [7, 11) is 0. The number of nitrogens with zero attached hydrogens (tertiary/aromatic N) is 4. The zero-order chi connectivity index (χ0) is 41.2. The second-order valence-electron chi connectivity index (χ2n) is 16.9. The molecular weight excluding hydrogens is 928 g/mol. The Kier molecular flexibility index (Phi) is 9.13. The first-order valence-corrected chi connectivity index (χ1v) is 22.2. The molecule has 0 fully saturated rings. The van der Waals surface area contributed by atoms with Crippen molar-refractivity contribution in [2.24, 2.45) is 0 Å². The average Bonchev–Trinajstić information content (AvgIpc) is 3.76. The van der Waals surface area contributed by atoms with Crippen molar-refractivity contribution in [3.05, 3.63) is 197 Å². The molecule has 0 saturated carbocycles. The molecule has 1 aliphatic carbocycles. The molecule has 6 heteroatoms. The number of aromatic nitrogens is 4. The maximum absolute atomic E-state index is 6.83. The van der Waals surface area contributed by atoms with Gasteiger partial charge in [0.05, 0.1) is 0 Å². The van der Waals surface area contributed by atoms with Crippen LogP contribution < -0.4 is 4.74 Å². The Morgan fingerprint density at radius 2 is 1.23 bits per heavy atom. The van der Waals surface area contributed by atoms with Crippen molar-refractivity contribution in [3.63, 3.8) is 0 Å². The van der Waals surface area contributed by atoms with E-state index in [2.05, 4.69) is 218 Å². The van der Waals surface area contributed by atoms with Gasteiger partial charge in [-0.05, 0) is 54.4 Å². The average molecular weight is 972 g/mol. The molecule has 3 heterocycles. The van der Waals surface area contributed by atoms with Gasteiger partial charge in [0.15, 0.2) is 0 Å². The summed E-state index contributed by atoms with van der Waals surface area (Å²) in [6.07, 6.45) is 5.44. The standard InChI is InChI=1S/C55H44N4O.Pt/c1-37-28-30-56-53(31-37)59-51-34-43(26-27-46(51)47-32-40-19-14-29-55(2,3)48(40)35-52(47)59)60-42-21-12-20-41(33-42)57-36-58(50-25-11-10-24-49(50)57)54-44(38-15-6-4-7-16-38)22-13-23-45(54)39-17-8-5-9-18-39;/h4-13,15-18,20-28,30-35H,14,19,29H2,1-3H3;. The number of rotatable bonds is 7. The van der Waals surface area contributed by atoms with E-state index >= 15 is 0 Å². The molecule has 0 atom stereocenters. The molecule has 0 N–H and O–H groups in total. The van der Waals surface area contributed by atoms with Gasteiger partial charge in [-0.1, -0.05) is 13.8 Å². The zero-order valence-corrected chi connectivity index (χ0v) is 36.7. The van der Waals surface area contributed by atoms with E-state index in [4.69, 9.17) is 9.72 Å². The Hall–Kier alpha value is -6.55. The Bertz CT molecular complexity index is 3320. The fourth-order valence-corrected chi connectivity index (χ4v) is 10.7. The van der Waals surface area contributed by atoms with E-state index in [1.807, 2.05) is 12.3 Å². The van der Waals surface area contributed by atoms with Gasteiger partial charge in [0.1, 0.15) is 0 Å². The van der Waals surface area contributed by atoms with E-state index in [0.717, 1.165) is 55.5 Å². The summed E-state index contributed by atoms with van der Waals surface area (Å²) in [4.78, 5) is 4.91. The summed E-state index contributed by atoms with van der Waals surface area (Å²) >= 11 is 2.51. The molecule has 5 nitrogen and oxygen atoms in total. The van der Waals surface area contributed by atoms with Crippen LogP contribution in [0.3, 0.4) is 0 Å². The minimum atomic E-state index is 0.125. The van der Waals surface area contributed by atoms with Crippen LogP contribution >= 0.6 is 0 Å². The normalized spacial score (nSPS) is 13.5. The minimum absolute atomic E-state index is 0.125. The SMILES string of the molecule is Cc1ccnc(-n2c3cc(Oc4cccc(-n5[c](=[Pt])n(-c6c(-c7ccccc7)cccc6-c6ccccc6)c6ccccc65)c4)ccc3c3cc4c(cc32)C(C)(C)CCC4)c1. The second-order valence-corrected chi connectivity index (χ2v) is 17.9. The quantitative estimate of drug-likeness (QED) is 0.160. The van der Waals surface area contributed by atoms with Crippen LogP contribution in [0.25, 0.3) is 72.3 Å². The number of benzene rings is 7. The third kappa shape index (κ3) is 6.42. The molecule has 0 saturated heterocycles. The number of aryl methyl sites for hydroxylation is 2. The van der Waals surface area contributed by atoms with Crippen LogP contribution in [0.4, 0.5) is 0 Å². The number of ether oxygens (including phenoxy) is 1. The van der Waals surface area contributed by atoms with Gasteiger partial charge in [0.25, 0.3) is 0 Å². The van der Waals surface area contributed by atoms with Crippen molar-refractivity contribution in [3.8, 4) is 50.9 Å². The van der Waals surface area contributed by atoms with Crippen LogP contribution in [0.1, 0.15) is 43.4 Å². The Labute approximate surface area is 366 Å². The Morgan fingerprint density at radius 1 is 0.574 bits per heavy atom. The van der Waals surface area contributed by atoms with E-state index in [0.29, 0.717) is 0 Å². The van der Waals surface area contributed by atoms with Crippen molar-refractivity contribution < 1.29 is 24.1 Å². The molecule has 0 bridgehead atoms. The second kappa shape index (κ2) is 14.9. The van der Waals surface area contributed by atoms with Gasteiger partial charge >= 0.3 is 294 Å². The molecule has 300 valence electrons.